The highest BCUT2D eigenvalue weighted by molar-refractivity contribution is 5.95. The number of amides is 2. The molecule has 0 aliphatic carbocycles. The fraction of sp³-hybridized carbons (Fsp3) is 0.292. The number of hydrogen-bond donors (Lipinski definition) is 2. The van der Waals surface area contributed by atoms with Crippen molar-refractivity contribution in [2.24, 2.45) is 0 Å². The van der Waals surface area contributed by atoms with Gasteiger partial charge in [0, 0.05) is 49.6 Å². The molecule has 4 rings (SSSR count). The Labute approximate surface area is 187 Å². The Morgan fingerprint density at radius 3 is 2.59 bits per heavy atom. The first kappa shape index (κ1) is 21.4. The summed E-state index contributed by atoms with van der Waals surface area (Å²) in [6.07, 6.45) is 5.40. The minimum Gasteiger partial charge on any atom is -0.338 e. The summed E-state index contributed by atoms with van der Waals surface area (Å²) in [6.45, 7) is 4.76. The molecule has 2 aromatic heterocycles. The van der Waals surface area contributed by atoms with Gasteiger partial charge in [0.05, 0.1) is 5.69 Å². The van der Waals surface area contributed by atoms with Crippen LogP contribution in [0, 0.1) is 6.92 Å². The van der Waals surface area contributed by atoms with Crippen LogP contribution in [0.2, 0.25) is 0 Å². The topological polar surface area (TPSA) is 100 Å². The summed E-state index contributed by atoms with van der Waals surface area (Å²) in [5, 5.41) is 5.86. The van der Waals surface area contributed by atoms with Crippen LogP contribution in [0.1, 0.15) is 47.3 Å². The molecule has 8 heteroatoms. The zero-order valence-corrected chi connectivity index (χ0v) is 18.2. The fourth-order valence-electron chi connectivity index (χ4n) is 3.80. The molecule has 0 radical (unpaired) electrons. The van der Waals surface area contributed by atoms with Crippen LogP contribution >= 0.6 is 0 Å². The Balaban J connectivity index is 1.44. The van der Waals surface area contributed by atoms with Gasteiger partial charge in [0.25, 0.3) is 5.91 Å². The number of carbonyl (C=O) groups excluding carboxylic acids is 2. The monoisotopic (exact) mass is 430 g/mol. The molecule has 1 atom stereocenters. The second-order valence-corrected chi connectivity index (χ2v) is 8.00. The lowest BCUT2D eigenvalue weighted by Gasteiger charge is -2.32. The Hall–Kier alpha value is -3.81. The number of anilines is 3. The number of rotatable bonds is 5. The largest absolute Gasteiger partial charge is 0.338 e. The van der Waals surface area contributed by atoms with Gasteiger partial charge in [-0.15, -0.1) is 0 Å². The van der Waals surface area contributed by atoms with Crippen LogP contribution in [0.5, 0.6) is 0 Å². The molecule has 0 spiro atoms. The zero-order chi connectivity index (χ0) is 22.5. The van der Waals surface area contributed by atoms with Gasteiger partial charge in [0.15, 0.2) is 0 Å². The van der Waals surface area contributed by atoms with E-state index in [0.29, 0.717) is 36.1 Å². The minimum absolute atomic E-state index is 0.0136. The number of piperidine rings is 1. The first-order valence-corrected chi connectivity index (χ1v) is 10.7. The average molecular weight is 431 g/mol. The summed E-state index contributed by atoms with van der Waals surface area (Å²) < 4.78 is 0. The molecule has 1 fully saturated rings. The average Bonchev–Trinajstić information content (AvgIpc) is 2.80. The van der Waals surface area contributed by atoms with Crippen LogP contribution in [-0.2, 0) is 4.79 Å². The van der Waals surface area contributed by atoms with Crippen molar-refractivity contribution in [1.29, 1.82) is 0 Å². The van der Waals surface area contributed by atoms with E-state index >= 15 is 0 Å². The predicted molar refractivity (Wildman–Crippen MR) is 123 cm³/mol. The Kier molecular flexibility index (Phi) is 6.39. The second kappa shape index (κ2) is 9.55. The summed E-state index contributed by atoms with van der Waals surface area (Å²) >= 11 is 0. The van der Waals surface area contributed by atoms with Crippen molar-refractivity contribution in [3.63, 3.8) is 0 Å². The molecule has 1 aliphatic rings. The van der Waals surface area contributed by atoms with Crippen molar-refractivity contribution in [3.8, 4) is 0 Å². The van der Waals surface area contributed by atoms with E-state index < -0.39 is 0 Å². The van der Waals surface area contributed by atoms with Crippen LogP contribution in [0.4, 0.5) is 17.5 Å². The molecular formula is C24H26N6O2. The van der Waals surface area contributed by atoms with Gasteiger partial charge in [-0.1, -0.05) is 6.07 Å². The van der Waals surface area contributed by atoms with E-state index in [1.807, 2.05) is 30.0 Å². The second-order valence-electron chi connectivity index (χ2n) is 8.00. The van der Waals surface area contributed by atoms with Gasteiger partial charge in [-0.05, 0) is 61.7 Å². The highest BCUT2D eigenvalue weighted by atomic mass is 16.2. The number of hydrogen-bond acceptors (Lipinski definition) is 6. The lowest BCUT2D eigenvalue weighted by atomic mass is 9.94. The molecule has 0 bridgehead atoms. The summed E-state index contributed by atoms with van der Waals surface area (Å²) in [5.74, 6) is 1.17. The molecule has 2 amide bonds. The van der Waals surface area contributed by atoms with Crippen LogP contribution in [0.15, 0.2) is 54.9 Å². The number of carbonyl (C=O) groups is 2. The lowest BCUT2D eigenvalue weighted by Crippen LogP contribution is -2.39. The number of likely N-dealkylation sites (tertiary alicyclic amines) is 1. The first-order valence-electron chi connectivity index (χ1n) is 10.7. The van der Waals surface area contributed by atoms with E-state index in [9.17, 15) is 9.59 Å². The highest BCUT2D eigenvalue weighted by Gasteiger charge is 2.26. The molecule has 2 N–H and O–H groups in total. The Bertz CT molecular complexity index is 1100. The Morgan fingerprint density at radius 1 is 1.06 bits per heavy atom. The van der Waals surface area contributed by atoms with Crippen LogP contribution < -0.4 is 10.6 Å². The van der Waals surface area contributed by atoms with Crippen molar-refractivity contribution in [2.75, 3.05) is 23.7 Å². The Morgan fingerprint density at radius 2 is 1.88 bits per heavy atom. The SMILES string of the molecule is CC(=O)Nc1ccc(C(=O)N2CCCC(c3ccnc(Nc4ccc(C)cn4)n3)C2)cc1. The molecule has 0 saturated carbocycles. The number of benzene rings is 1. The van der Waals surface area contributed by atoms with Crippen LogP contribution in [0.25, 0.3) is 0 Å². The highest BCUT2D eigenvalue weighted by Crippen LogP contribution is 2.27. The quantitative estimate of drug-likeness (QED) is 0.637. The normalized spacial score (nSPS) is 15.8. The maximum atomic E-state index is 13.0. The third-order valence-corrected chi connectivity index (χ3v) is 5.41. The van der Waals surface area contributed by atoms with Crippen molar-refractivity contribution in [1.82, 2.24) is 19.9 Å². The predicted octanol–water partition coefficient (Wildman–Crippen LogP) is 3.90. The van der Waals surface area contributed by atoms with E-state index in [1.165, 1.54) is 6.92 Å². The summed E-state index contributed by atoms with van der Waals surface area (Å²) in [6, 6.07) is 12.8. The summed E-state index contributed by atoms with van der Waals surface area (Å²) in [4.78, 5) is 39.4. The van der Waals surface area contributed by atoms with Gasteiger partial charge < -0.3 is 15.5 Å². The molecule has 1 saturated heterocycles. The third kappa shape index (κ3) is 5.26. The number of pyridine rings is 1. The van der Waals surface area contributed by atoms with Gasteiger partial charge >= 0.3 is 0 Å². The van der Waals surface area contributed by atoms with Gasteiger partial charge in [0.1, 0.15) is 5.82 Å². The van der Waals surface area contributed by atoms with E-state index in [1.54, 1.807) is 36.7 Å². The van der Waals surface area contributed by atoms with Crippen LogP contribution in [0.3, 0.4) is 0 Å². The molecule has 8 nitrogen and oxygen atoms in total. The minimum atomic E-state index is -0.139. The van der Waals surface area contributed by atoms with Crippen molar-refractivity contribution < 1.29 is 9.59 Å². The summed E-state index contributed by atoms with van der Waals surface area (Å²) in [7, 11) is 0. The molecule has 164 valence electrons. The molecule has 1 aromatic carbocycles. The molecule has 1 aliphatic heterocycles. The molecule has 32 heavy (non-hydrogen) atoms. The zero-order valence-electron chi connectivity index (χ0n) is 18.2. The van der Waals surface area contributed by atoms with Crippen molar-refractivity contribution >= 4 is 29.3 Å². The van der Waals surface area contributed by atoms with Gasteiger partial charge in [-0.2, -0.15) is 0 Å². The number of aryl methyl sites for hydroxylation is 1. The number of nitrogens with one attached hydrogen (secondary N) is 2. The molecular weight excluding hydrogens is 404 g/mol. The van der Waals surface area contributed by atoms with E-state index in [2.05, 4.69) is 25.6 Å². The molecule has 3 aromatic rings. The maximum absolute atomic E-state index is 13.0. The van der Waals surface area contributed by atoms with E-state index in [-0.39, 0.29) is 17.7 Å². The van der Waals surface area contributed by atoms with E-state index in [0.717, 1.165) is 24.1 Å². The fourth-order valence-corrected chi connectivity index (χ4v) is 3.80. The number of aromatic nitrogens is 3. The summed E-state index contributed by atoms with van der Waals surface area (Å²) in [5.41, 5.74) is 3.28. The van der Waals surface area contributed by atoms with Gasteiger partial charge in [-0.3, -0.25) is 9.59 Å². The number of nitrogens with zero attached hydrogens (tertiary/aromatic N) is 4. The third-order valence-electron chi connectivity index (χ3n) is 5.41. The first-order chi connectivity index (χ1) is 15.5. The molecule has 3 heterocycles. The van der Waals surface area contributed by atoms with E-state index in [4.69, 9.17) is 0 Å². The maximum Gasteiger partial charge on any atom is 0.253 e. The lowest BCUT2D eigenvalue weighted by molar-refractivity contribution is -0.114. The van der Waals surface area contributed by atoms with Crippen LogP contribution in [-0.4, -0.2) is 44.8 Å². The van der Waals surface area contributed by atoms with Crippen molar-refractivity contribution in [3.05, 3.63) is 71.7 Å². The molecule has 1 unspecified atom stereocenters. The standard InChI is InChI=1S/C24H26N6O2/c1-16-5-10-22(26-14-16)29-24-25-12-11-21(28-24)19-4-3-13-30(15-19)23(32)18-6-8-20(9-7-18)27-17(2)31/h5-12,14,19H,3-4,13,15H2,1-2H3,(H,27,31)(H,25,26,28,29). The smallest absolute Gasteiger partial charge is 0.253 e. The van der Waals surface area contributed by atoms with Gasteiger partial charge in [0.2, 0.25) is 11.9 Å². The van der Waals surface area contributed by atoms with Gasteiger partial charge in [-0.25, -0.2) is 15.0 Å². The van der Waals surface area contributed by atoms with Crippen molar-refractivity contribution in [2.45, 2.75) is 32.6 Å².